The summed E-state index contributed by atoms with van der Waals surface area (Å²) in [5.41, 5.74) is 1.52. The second kappa shape index (κ2) is 8.43. The highest BCUT2D eigenvalue weighted by molar-refractivity contribution is 5.20. The molecule has 2 rings (SSSR count). The van der Waals surface area contributed by atoms with E-state index < -0.39 is 0 Å². The Bertz CT molecular complexity index is 351. The number of methoxy groups -OCH3 is 1. The fourth-order valence-corrected chi connectivity index (χ4v) is 3.42. The van der Waals surface area contributed by atoms with E-state index in [1.165, 1.54) is 44.1 Å². The summed E-state index contributed by atoms with van der Waals surface area (Å²) in [6, 6.07) is 12.2. The van der Waals surface area contributed by atoms with E-state index in [0.29, 0.717) is 12.1 Å². The second-order valence-electron chi connectivity index (χ2n) is 6.07. The first-order valence-electron chi connectivity index (χ1n) is 8.13. The van der Waals surface area contributed by atoms with Crippen LogP contribution < -0.4 is 5.32 Å². The molecule has 1 saturated carbocycles. The van der Waals surface area contributed by atoms with Gasteiger partial charge in [-0.2, -0.15) is 0 Å². The van der Waals surface area contributed by atoms with Crippen molar-refractivity contribution >= 4 is 0 Å². The first-order valence-corrected chi connectivity index (χ1v) is 8.13. The van der Waals surface area contributed by atoms with Crippen LogP contribution in [-0.2, 0) is 4.74 Å². The molecule has 1 aliphatic rings. The zero-order valence-corrected chi connectivity index (χ0v) is 13.0. The Morgan fingerprint density at radius 1 is 1.15 bits per heavy atom. The van der Waals surface area contributed by atoms with Crippen molar-refractivity contribution in [3.8, 4) is 0 Å². The summed E-state index contributed by atoms with van der Waals surface area (Å²) in [5, 5.41) is 3.80. The second-order valence-corrected chi connectivity index (χ2v) is 6.07. The van der Waals surface area contributed by atoms with Gasteiger partial charge in [0.25, 0.3) is 0 Å². The van der Waals surface area contributed by atoms with Gasteiger partial charge in [-0.05, 0) is 43.6 Å². The third-order valence-corrected chi connectivity index (χ3v) is 4.47. The van der Waals surface area contributed by atoms with E-state index >= 15 is 0 Å². The number of hydrogen-bond acceptors (Lipinski definition) is 2. The van der Waals surface area contributed by atoms with Gasteiger partial charge in [-0.3, -0.25) is 0 Å². The molecule has 20 heavy (non-hydrogen) atoms. The lowest BCUT2D eigenvalue weighted by atomic mass is 9.81. The minimum atomic E-state index is 0.531. The largest absolute Gasteiger partial charge is 0.383 e. The predicted molar refractivity (Wildman–Crippen MR) is 85.1 cm³/mol. The minimum Gasteiger partial charge on any atom is -0.383 e. The summed E-state index contributed by atoms with van der Waals surface area (Å²) < 4.78 is 5.33. The van der Waals surface area contributed by atoms with E-state index in [4.69, 9.17) is 4.74 Å². The van der Waals surface area contributed by atoms with Crippen LogP contribution in [0.2, 0.25) is 0 Å². The molecule has 0 saturated heterocycles. The summed E-state index contributed by atoms with van der Waals surface area (Å²) in [5.74, 6) is 0.765. The van der Waals surface area contributed by atoms with Crippen molar-refractivity contribution in [3.05, 3.63) is 35.9 Å². The van der Waals surface area contributed by atoms with Gasteiger partial charge in [0, 0.05) is 19.2 Å². The molecule has 0 bridgehead atoms. The normalized spacial score (nSPS) is 24.5. The maximum atomic E-state index is 5.33. The van der Waals surface area contributed by atoms with Crippen LogP contribution >= 0.6 is 0 Å². The summed E-state index contributed by atoms with van der Waals surface area (Å²) >= 11 is 0. The van der Waals surface area contributed by atoms with E-state index in [2.05, 4.69) is 42.6 Å². The van der Waals surface area contributed by atoms with Crippen LogP contribution in [0.25, 0.3) is 0 Å². The van der Waals surface area contributed by atoms with Gasteiger partial charge in [0.1, 0.15) is 0 Å². The SMILES string of the molecule is CCCC(COC)NC1CCC(c2ccccc2)CC1. The summed E-state index contributed by atoms with van der Waals surface area (Å²) in [6.07, 6.45) is 7.65. The molecule has 0 aliphatic heterocycles. The average molecular weight is 275 g/mol. The molecule has 0 radical (unpaired) electrons. The van der Waals surface area contributed by atoms with Gasteiger partial charge in [0.2, 0.25) is 0 Å². The van der Waals surface area contributed by atoms with Crippen LogP contribution in [0.15, 0.2) is 30.3 Å². The predicted octanol–water partition coefficient (Wildman–Crippen LogP) is 4.12. The fourth-order valence-electron chi connectivity index (χ4n) is 3.42. The molecule has 1 atom stereocenters. The van der Waals surface area contributed by atoms with E-state index in [-0.39, 0.29) is 0 Å². The maximum Gasteiger partial charge on any atom is 0.0615 e. The lowest BCUT2D eigenvalue weighted by Crippen LogP contribution is -2.42. The van der Waals surface area contributed by atoms with E-state index in [9.17, 15) is 0 Å². The number of ether oxygens (including phenoxy) is 1. The van der Waals surface area contributed by atoms with Gasteiger partial charge in [-0.15, -0.1) is 0 Å². The number of nitrogens with one attached hydrogen (secondary N) is 1. The third-order valence-electron chi connectivity index (χ3n) is 4.47. The molecule has 1 aliphatic carbocycles. The highest BCUT2D eigenvalue weighted by Crippen LogP contribution is 2.32. The summed E-state index contributed by atoms with van der Waals surface area (Å²) in [6.45, 7) is 3.09. The van der Waals surface area contributed by atoms with E-state index in [1.54, 1.807) is 7.11 Å². The van der Waals surface area contributed by atoms with Crippen LogP contribution in [0.3, 0.4) is 0 Å². The first-order chi connectivity index (χ1) is 9.83. The zero-order valence-electron chi connectivity index (χ0n) is 13.0. The minimum absolute atomic E-state index is 0.531. The molecule has 112 valence electrons. The summed E-state index contributed by atoms with van der Waals surface area (Å²) in [4.78, 5) is 0. The zero-order chi connectivity index (χ0) is 14.2. The molecule has 1 unspecified atom stereocenters. The summed E-state index contributed by atoms with van der Waals surface area (Å²) in [7, 11) is 1.80. The highest BCUT2D eigenvalue weighted by Gasteiger charge is 2.23. The monoisotopic (exact) mass is 275 g/mol. The standard InChI is InChI=1S/C18H29NO/c1-3-7-18(14-20-2)19-17-12-10-16(11-13-17)15-8-5-4-6-9-15/h4-6,8-9,16-19H,3,7,10-14H2,1-2H3. The molecule has 0 spiro atoms. The van der Waals surface area contributed by atoms with Gasteiger partial charge >= 0.3 is 0 Å². The molecule has 0 amide bonds. The lowest BCUT2D eigenvalue weighted by Gasteiger charge is -2.32. The van der Waals surface area contributed by atoms with Gasteiger partial charge < -0.3 is 10.1 Å². The highest BCUT2D eigenvalue weighted by atomic mass is 16.5. The van der Waals surface area contributed by atoms with Crippen LogP contribution in [0, 0.1) is 0 Å². The van der Waals surface area contributed by atoms with Crippen LogP contribution in [-0.4, -0.2) is 25.8 Å². The molecule has 2 nitrogen and oxygen atoms in total. The van der Waals surface area contributed by atoms with Crippen LogP contribution in [0.5, 0.6) is 0 Å². The average Bonchev–Trinajstić information content (AvgIpc) is 2.49. The molecule has 0 aromatic heterocycles. The van der Waals surface area contributed by atoms with Crippen molar-refractivity contribution in [1.82, 2.24) is 5.32 Å². The van der Waals surface area contributed by atoms with Crippen molar-refractivity contribution < 1.29 is 4.74 Å². The molecule has 1 N–H and O–H groups in total. The Morgan fingerprint density at radius 3 is 2.45 bits per heavy atom. The molecular formula is C18H29NO. The van der Waals surface area contributed by atoms with Gasteiger partial charge in [-0.1, -0.05) is 43.7 Å². The number of hydrogen-bond donors (Lipinski definition) is 1. The number of benzene rings is 1. The maximum absolute atomic E-state index is 5.33. The molecule has 1 aromatic rings. The van der Waals surface area contributed by atoms with Crippen molar-refractivity contribution in [2.45, 2.75) is 63.5 Å². The van der Waals surface area contributed by atoms with Gasteiger partial charge in [0.05, 0.1) is 6.61 Å². The van der Waals surface area contributed by atoms with E-state index in [1.807, 2.05) is 0 Å². The molecule has 1 fully saturated rings. The van der Waals surface area contributed by atoms with E-state index in [0.717, 1.165) is 12.5 Å². The van der Waals surface area contributed by atoms with Crippen LogP contribution in [0.4, 0.5) is 0 Å². The molecule has 2 heteroatoms. The molecular weight excluding hydrogens is 246 g/mol. The Kier molecular flexibility index (Phi) is 6.55. The molecule has 1 aromatic carbocycles. The van der Waals surface area contributed by atoms with Crippen molar-refractivity contribution in [2.24, 2.45) is 0 Å². The topological polar surface area (TPSA) is 21.3 Å². The third kappa shape index (κ3) is 4.60. The van der Waals surface area contributed by atoms with Crippen LogP contribution in [0.1, 0.15) is 56.9 Å². The van der Waals surface area contributed by atoms with Crippen molar-refractivity contribution in [2.75, 3.05) is 13.7 Å². The van der Waals surface area contributed by atoms with Crippen molar-refractivity contribution in [3.63, 3.8) is 0 Å². The lowest BCUT2D eigenvalue weighted by molar-refractivity contribution is 0.150. The smallest absolute Gasteiger partial charge is 0.0615 e. The van der Waals surface area contributed by atoms with Crippen molar-refractivity contribution in [1.29, 1.82) is 0 Å². The van der Waals surface area contributed by atoms with Gasteiger partial charge in [-0.25, -0.2) is 0 Å². The first kappa shape index (κ1) is 15.5. The fraction of sp³-hybridized carbons (Fsp3) is 0.667. The Labute approximate surface area is 123 Å². The number of rotatable bonds is 7. The molecule has 0 heterocycles. The Hall–Kier alpha value is -0.860. The Morgan fingerprint density at radius 2 is 1.85 bits per heavy atom. The quantitative estimate of drug-likeness (QED) is 0.808. The Balaban J connectivity index is 1.79. The van der Waals surface area contributed by atoms with Gasteiger partial charge in [0.15, 0.2) is 0 Å².